The number of nitrogens with zero attached hydrogens (tertiary/aromatic N) is 1. The fraction of sp³-hybridized carbons (Fsp3) is 0.133. The van der Waals surface area contributed by atoms with Gasteiger partial charge < -0.3 is 5.11 Å². The second-order valence-electron chi connectivity index (χ2n) is 4.77. The predicted molar refractivity (Wildman–Crippen MR) is 84.6 cm³/mol. The molecule has 0 spiro atoms. The molecule has 24 heavy (non-hydrogen) atoms. The third kappa shape index (κ3) is 4.01. The zero-order chi connectivity index (χ0) is 17.9. The lowest BCUT2D eigenvalue weighted by Gasteiger charge is -2.24. The van der Waals surface area contributed by atoms with Crippen LogP contribution in [0, 0.1) is 11.6 Å². The second-order valence-corrected chi connectivity index (χ2v) is 7.04. The number of halogens is 3. The minimum absolute atomic E-state index is 0.00646. The van der Waals surface area contributed by atoms with Gasteiger partial charge in [-0.05, 0) is 42.5 Å². The molecule has 9 heteroatoms. The van der Waals surface area contributed by atoms with Crippen molar-refractivity contribution in [2.75, 3.05) is 10.8 Å². The molecule has 0 atom stereocenters. The fourth-order valence-electron chi connectivity index (χ4n) is 1.96. The van der Waals surface area contributed by atoms with Crippen LogP contribution in [0.15, 0.2) is 47.4 Å². The Kier molecular flexibility index (Phi) is 5.40. The molecule has 5 nitrogen and oxygen atoms in total. The molecule has 2 rings (SSSR count). The molecule has 0 amide bonds. The number of hydrogen-bond donors (Lipinski definition) is 1. The zero-order valence-corrected chi connectivity index (χ0v) is 13.7. The van der Waals surface area contributed by atoms with Gasteiger partial charge in [0.15, 0.2) is 0 Å². The van der Waals surface area contributed by atoms with Crippen LogP contribution >= 0.6 is 11.6 Å². The zero-order valence-electron chi connectivity index (χ0n) is 12.1. The van der Waals surface area contributed by atoms with Crippen LogP contribution in [0.5, 0.6) is 0 Å². The van der Waals surface area contributed by atoms with Crippen LogP contribution < -0.4 is 4.31 Å². The van der Waals surface area contributed by atoms with E-state index in [1.165, 1.54) is 6.07 Å². The molecule has 0 aliphatic heterocycles. The molecule has 0 fully saturated rings. The maximum atomic E-state index is 13.3. The first kappa shape index (κ1) is 18.2. The molecule has 0 bridgehead atoms. The number of anilines is 1. The molecule has 0 heterocycles. The Balaban J connectivity index is 2.50. The molecule has 2 aromatic rings. The average molecular weight is 376 g/mol. The number of benzene rings is 2. The van der Waals surface area contributed by atoms with Gasteiger partial charge in [0.1, 0.15) is 11.6 Å². The third-order valence-electron chi connectivity index (χ3n) is 3.12. The molecule has 0 radical (unpaired) electrons. The van der Waals surface area contributed by atoms with Gasteiger partial charge in [-0.1, -0.05) is 11.6 Å². The van der Waals surface area contributed by atoms with Gasteiger partial charge in [0.05, 0.1) is 22.0 Å². The number of carboxylic acid groups (broad SMARTS) is 1. The van der Waals surface area contributed by atoms with Gasteiger partial charge in [-0.3, -0.25) is 9.10 Å². The number of aliphatic carboxylic acids is 1. The van der Waals surface area contributed by atoms with Gasteiger partial charge in [0.2, 0.25) is 0 Å². The van der Waals surface area contributed by atoms with Crippen LogP contribution in [0.4, 0.5) is 14.5 Å². The highest BCUT2D eigenvalue weighted by Gasteiger charge is 2.26. The Morgan fingerprint density at radius 3 is 2.29 bits per heavy atom. The highest BCUT2D eigenvalue weighted by molar-refractivity contribution is 7.92. The number of sulfonamides is 1. The first-order chi connectivity index (χ1) is 11.2. The molecular formula is C15H12ClF2NO4S. The highest BCUT2D eigenvalue weighted by atomic mass is 35.5. The molecule has 0 saturated carbocycles. The van der Waals surface area contributed by atoms with E-state index in [-0.39, 0.29) is 15.6 Å². The maximum Gasteiger partial charge on any atom is 0.305 e. The number of rotatable bonds is 6. The largest absolute Gasteiger partial charge is 0.481 e. The molecule has 0 aliphatic carbocycles. The van der Waals surface area contributed by atoms with Crippen molar-refractivity contribution in [2.45, 2.75) is 11.3 Å². The van der Waals surface area contributed by atoms with E-state index in [1.807, 2.05) is 0 Å². The minimum Gasteiger partial charge on any atom is -0.481 e. The highest BCUT2D eigenvalue weighted by Crippen LogP contribution is 2.28. The smallest absolute Gasteiger partial charge is 0.305 e. The monoisotopic (exact) mass is 375 g/mol. The normalized spacial score (nSPS) is 11.3. The number of carbonyl (C=O) groups is 1. The van der Waals surface area contributed by atoms with Gasteiger partial charge in [0.25, 0.3) is 10.0 Å². The molecule has 1 N–H and O–H groups in total. The van der Waals surface area contributed by atoms with Gasteiger partial charge in [-0.15, -0.1) is 0 Å². The van der Waals surface area contributed by atoms with Gasteiger partial charge >= 0.3 is 5.97 Å². The fourth-order valence-corrected chi connectivity index (χ4v) is 3.59. The van der Waals surface area contributed by atoms with E-state index in [0.29, 0.717) is 0 Å². The summed E-state index contributed by atoms with van der Waals surface area (Å²) in [6.07, 6.45) is -0.477. The molecule has 2 aromatic carbocycles. The minimum atomic E-state index is -4.17. The van der Waals surface area contributed by atoms with Crippen LogP contribution in [-0.2, 0) is 14.8 Å². The summed E-state index contributed by atoms with van der Waals surface area (Å²) < 4.78 is 52.6. The summed E-state index contributed by atoms with van der Waals surface area (Å²) in [6.45, 7) is -0.392. The summed E-state index contributed by atoms with van der Waals surface area (Å²) in [5, 5.41) is 8.52. The van der Waals surface area contributed by atoms with Gasteiger partial charge in [0, 0.05) is 6.54 Å². The van der Waals surface area contributed by atoms with Crippen LogP contribution in [0.25, 0.3) is 0 Å². The van der Waals surface area contributed by atoms with Crippen LogP contribution in [-0.4, -0.2) is 26.0 Å². The number of carboxylic acids is 1. The van der Waals surface area contributed by atoms with Crippen molar-refractivity contribution in [3.8, 4) is 0 Å². The van der Waals surface area contributed by atoms with Crippen molar-refractivity contribution in [3.63, 3.8) is 0 Å². The van der Waals surface area contributed by atoms with Crippen molar-refractivity contribution in [3.05, 3.63) is 59.1 Å². The second kappa shape index (κ2) is 7.14. The van der Waals surface area contributed by atoms with E-state index < -0.39 is 40.6 Å². The summed E-state index contributed by atoms with van der Waals surface area (Å²) in [6, 6.07) is 7.29. The Morgan fingerprint density at radius 2 is 1.75 bits per heavy atom. The summed E-state index contributed by atoms with van der Waals surface area (Å²) in [4.78, 5) is 10.6. The Hall–Kier alpha value is -2.19. The van der Waals surface area contributed by atoms with Crippen LogP contribution in [0.3, 0.4) is 0 Å². The summed E-state index contributed by atoms with van der Waals surface area (Å²) in [7, 11) is -4.17. The Labute approximate surface area is 142 Å². The Bertz CT molecular complexity index is 856. The topological polar surface area (TPSA) is 74.7 Å². The van der Waals surface area contributed by atoms with Gasteiger partial charge in [-0.25, -0.2) is 17.2 Å². The van der Waals surface area contributed by atoms with Crippen molar-refractivity contribution in [2.24, 2.45) is 0 Å². The van der Waals surface area contributed by atoms with Crippen LogP contribution in [0.1, 0.15) is 6.42 Å². The first-order valence-corrected chi connectivity index (χ1v) is 8.49. The SMILES string of the molecule is O=C(O)CCN(c1ccc(F)c(Cl)c1)S(=O)(=O)c1ccc(F)cc1. The lowest BCUT2D eigenvalue weighted by Crippen LogP contribution is -2.33. The van der Waals surface area contributed by atoms with Crippen molar-refractivity contribution in [1.82, 2.24) is 0 Å². The summed E-state index contributed by atoms with van der Waals surface area (Å²) in [5.74, 6) is -2.56. The van der Waals surface area contributed by atoms with Crippen molar-refractivity contribution >= 4 is 33.3 Å². The van der Waals surface area contributed by atoms with E-state index in [2.05, 4.69) is 0 Å². The summed E-state index contributed by atoms with van der Waals surface area (Å²) in [5.41, 5.74) is 0.00646. The average Bonchev–Trinajstić information content (AvgIpc) is 2.51. The third-order valence-corrected chi connectivity index (χ3v) is 5.25. The van der Waals surface area contributed by atoms with E-state index in [9.17, 15) is 22.0 Å². The maximum absolute atomic E-state index is 13.3. The van der Waals surface area contributed by atoms with Gasteiger partial charge in [-0.2, -0.15) is 0 Å². The summed E-state index contributed by atoms with van der Waals surface area (Å²) >= 11 is 5.68. The Morgan fingerprint density at radius 1 is 1.12 bits per heavy atom. The van der Waals surface area contributed by atoms with Crippen molar-refractivity contribution in [1.29, 1.82) is 0 Å². The lowest BCUT2D eigenvalue weighted by molar-refractivity contribution is -0.136. The van der Waals surface area contributed by atoms with E-state index in [4.69, 9.17) is 16.7 Å². The lowest BCUT2D eigenvalue weighted by atomic mass is 10.3. The predicted octanol–water partition coefficient (Wildman–Crippen LogP) is 3.29. The standard InChI is InChI=1S/C15H12ClF2NO4S/c16-13-9-11(3-6-14(13)18)19(8-7-15(20)21)24(22,23)12-4-1-10(17)2-5-12/h1-6,9H,7-8H2,(H,20,21). The quantitative estimate of drug-likeness (QED) is 0.840. The van der Waals surface area contributed by atoms with Crippen molar-refractivity contribution < 1.29 is 27.1 Å². The molecule has 0 unspecified atom stereocenters. The molecule has 0 aromatic heterocycles. The first-order valence-electron chi connectivity index (χ1n) is 6.67. The van der Waals surface area contributed by atoms with E-state index in [1.54, 1.807) is 0 Å². The molecular weight excluding hydrogens is 364 g/mol. The molecule has 0 saturated heterocycles. The van der Waals surface area contributed by atoms with Crippen LogP contribution in [0.2, 0.25) is 5.02 Å². The molecule has 0 aliphatic rings. The van der Waals surface area contributed by atoms with E-state index >= 15 is 0 Å². The van der Waals surface area contributed by atoms with E-state index in [0.717, 1.165) is 40.7 Å². The molecule has 128 valence electrons. The number of hydrogen-bond acceptors (Lipinski definition) is 3.